The molecule has 0 unspecified atom stereocenters. The van der Waals surface area contributed by atoms with E-state index >= 15 is 0 Å². The molecule has 0 bridgehead atoms. The van der Waals surface area contributed by atoms with E-state index in [1.807, 2.05) is 55.6 Å². The Morgan fingerprint density at radius 2 is 1.71 bits per heavy atom. The Hall–Kier alpha value is -4.87. The van der Waals surface area contributed by atoms with Crippen molar-refractivity contribution in [2.24, 2.45) is 0 Å². The number of thiazole rings is 1. The van der Waals surface area contributed by atoms with Gasteiger partial charge in [0, 0.05) is 18.6 Å². The fourth-order valence-corrected chi connectivity index (χ4v) is 6.44. The molecule has 1 aliphatic rings. The van der Waals surface area contributed by atoms with Gasteiger partial charge in [-0.1, -0.05) is 30.3 Å². The van der Waals surface area contributed by atoms with Crippen LogP contribution >= 0.6 is 11.3 Å². The number of para-hydroxylation sites is 1. The number of rotatable bonds is 9. The molecule has 5 aromatic rings. The van der Waals surface area contributed by atoms with Gasteiger partial charge in [0.05, 0.1) is 16.4 Å². The zero-order valence-electron chi connectivity index (χ0n) is 24.5. The van der Waals surface area contributed by atoms with Crippen LogP contribution < -0.4 is 20.7 Å². The maximum atomic E-state index is 14.3. The summed E-state index contributed by atoms with van der Waals surface area (Å²) in [5.41, 5.74) is 3.45. The number of pyridine rings is 1. The van der Waals surface area contributed by atoms with E-state index in [0.29, 0.717) is 43.0 Å². The minimum absolute atomic E-state index is 0.00725. The van der Waals surface area contributed by atoms with Crippen LogP contribution in [0.4, 0.5) is 4.39 Å². The number of carbonyl (C=O) groups is 2. The van der Waals surface area contributed by atoms with Gasteiger partial charge in [-0.2, -0.15) is 0 Å². The number of hydrogen-bond donors (Lipinski definition) is 4. The van der Waals surface area contributed by atoms with Crippen LogP contribution in [0.3, 0.4) is 0 Å². The average molecular weight is 626 g/mol. The lowest BCUT2D eigenvalue weighted by Crippen LogP contribution is -2.43. The van der Waals surface area contributed by atoms with E-state index in [9.17, 15) is 19.1 Å². The summed E-state index contributed by atoms with van der Waals surface area (Å²) in [6, 6.07) is 21.0. The molecular formula is C34H32FN5O4S. The molecule has 2 amide bonds. The Bertz CT molecular complexity index is 1820. The van der Waals surface area contributed by atoms with Crippen LogP contribution in [0, 0.1) is 5.82 Å². The molecule has 1 aliphatic carbocycles. The summed E-state index contributed by atoms with van der Waals surface area (Å²) in [5.74, 6) is -0.736. The fourth-order valence-electron chi connectivity index (χ4n) is 5.57. The molecule has 0 atom stereocenters. The highest BCUT2D eigenvalue weighted by Crippen LogP contribution is 2.32. The normalized spacial score (nSPS) is 16.3. The maximum absolute atomic E-state index is 14.3. The summed E-state index contributed by atoms with van der Waals surface area (Å²) in [6.07, 6.45) is 3.69. The van der Waals surface area contributed by atoms with Crippen molar-refractivity contribution in [1.29, 1.82) is 0 Å². The third-order valence-corrected chi connectivity index (χ3v) is 8.80. The molecule has 0 spiro atoms. The van der Waals surface area contributed by atoms with E-state index < -0.39 is 11.7 Å². The van der Waals surface area contributed by atoms with Crippen LogP contribution in [0.2, 0.25) is 0 Å². The summed E-state index contributed by atoms with van der Waals surface area (Å²) >= 11 is 1.37. The Morgan fingerprint density at radius 1 is 0.956 bits per heavy atom. The van der Waals surface area contributed by atoms with Crippen LogP contribution in [0.25, 0.3) is 21.3 Å². The van der Waals surface area contributed by atoms with Crippen LogP contribution in [-0.2, 0) is 6.54 Å². The number of benzene rings is 3. The van der Waals surface area contributed by atoms with E-state index in [1.54, 1.807) is 18.2 Å². The fraction of sp³-hybridized carbons (Fsp3) is 0.235. The summed E-state index contributed by atoms with van der Waals surface area (Å²) in [4.78, 5) is 34.7. The number of carbonyl (C=O) groups excluding carboxylic acids is 2. The van der Waals surface area contributed by atoms with Crippen molar-refractivity contribution in [3.05, 3.63) is 101 Å². The number of amides is 2. The second-order valence-corrected chi connectivity index (χ2v) is 12.0. The maximum Gasteiger partial charge on any atom is 0.280 e. The molecule has 3 aromatic carbocycles. The Balaban J connectivity index is 1.09. The number of halogens is 1. The molecule has 2 aromatic heterocycles. The van der Waals surface area contributed by atoms with Crippen molar-refractivity contribution >= 4 is 33.4 Å². The first-order valence-corrected chi connectivity index (χ1v) is 15.6. The number of aromatic nitrogens is 2. The second kappa shape index (κ2) is 13.4. The van der Waals surface area contributed by atoms with Crippen molar-refractivity contribution < 1.29 is 23.8 Å². The lowest BCUT2D eigenvalue weighted by Gasteiger charge is -2.29. The van der Waals surface area contributed by atoms with Gasteiger partial charge in [0.1, 0.15) is 22.9 Å². The highest BCUT2D eigenvalue weighted by molar-refractivity contribution is 7.20. The number of aromatic hydroxyl groups is 1. The third kappa shape index (κ3) is 7.11. The molecular weight excluding hydrogens is 593 g/mol. The molecule has 45 heavy (non-hydrogen) atoms. The Labute approximate surface area is 263 Å². The lowest BCUT2D eigenvalue weighted by atomic mass is 9.91. The van der Waals surface area contributed by atoms with Gasteiger partial charge < -0.3 is 25.8 Å². The van der Waals surface area contributed by atoms with Gasteiger partial charge in [-0.25, -0.2) is 14.4 Å². The second-order valence-electron chi connectivity index (χ2n) is 11.0. The number of hydrogen-bond acceptors (Lipinski definition) is 8. The molecule has 0 radical (unpaired) electrons. The first-order chi connectivity index (χ1) is 21.9. The summed E-state index contributed by atoms with van der Waals surface area (Å²) in [7, 11) is 1.83. The van der Waals surface area contributed by atoms with E-state index in [0.717, 1.165) is 39.2 Å². The molecule has 0 saturated heterocycles. The summed E-state index contributed by atoms with van der Waals surface area (Å²) in [5, 5.41) is 19.6. The molecule has 2 heterocycles. The Kier molecular flexibility index (Phi) is 8.99. The monoisotopic (exact) mass is 625 g/mol. The molecule has 230 valence electrons. The first kappa shape index (κ1) is 30.2. The van der Waals surface area contributed by atoms with Crippen molar-refractivity contribution in [2.45, 2.75) is 44.3 Å². The molecule has 1 fully saturated rings. The van der Waals surface area contributed by atoms with E-state index in [2.05, 4.69) is 25.9 Å². The van der Waals surface area contributed by atoms with Crippen molar-refractivity contribution in [1.82, 2.24) is 25.9 Å². The topological polar surface area (TPSA) is 125 Å². The quantitative estimate of drug-likeness (QED) is 0.154. The van der Waals surface area contributed by atoms with Crippen LogP contribution in [0.5, 0.6) is 17.4 Å². The largest absolute Gasteiger partial charge is 0.508 e. The number of ether oxygens (including phenoxy) is 1. The number of phenols is 1. The SMILES string of the molecule is CNCc1cc(O)ccc1-c1cccc(Oc2ncc(F)cc2C(=O)N[C@H]2CC[C@@H](NC(=O)c3nc4ccccc4s3)CC2)c1. The van der Waals surface area contributed by atoms with Crippen LogP contribution in [0.15, 0.2) is 79.0 Å². The van der Waals surface area contributed by atoms with Gasteiger partial charge in [-0.05, 0) is 91.9 Å². The van der Waals surface area contributed by atoms with E-state index in [1.165, 1.54) is 11.3 Å². The van der Waals surface area contributed by atoms with Gasteiger partial charge in [-0.15, -0.1) is 11.3 Å². The van der Waals surface area contributed by atoms with Gasteiger partial charge in [0.15, 0.2) is 5.01 Å². The van der Waals surface area contributed by atoms with Crippen LogP contribution in [-0.4, -0.2) is 46.0 Å². The highest BCUT2D eigenvalue weighted by Gasteiger charge is 2.26. The van der Waals surface area contributed by atoms with Gasteiger partial charge in [-0.3, -0.25) is 9.59 Å². The number of nitrogens with zero attached hydrogens (tertiary/aromatic N) is 2. The van der Waals surface area contributed by atoms with Crippen molar-refractivity contribution in [3.63, 3.8) is 0 Å². The van der Waals surface area contributed by atoms with Crippen LogP contribution in [0.1, 0.15) is 51.4 Å². The minimum atomic E-state index is -0.650. The number of fused-ring (bicyclic) bond motifs is 1. The predicted octanol–water partition coefficient (Wildman–Crippen LogP) is 6.19. The molecule has 1 saturated carbocycles. The standard InChI is InChI=1S/C34H32FN5O4S/c1-36-18-21-15-25(41)13-14-27(21)20-5-4-6-26(16-20)44-33-28(17-22(35)19-37-33)31(42)38-23-9-11-24(12-10-23)39-32(43)34-40-29-7-2-3-8-30(29)45-34/h2-8,13-17,19,23-24,36,41H,9-12,18H2,1H3,(H,38,42)(H,39,43)/t23-,24+. The van der Waals surface area contributed by atoms with E-state index in [4.69, 9.17) is 4.74 Å². The summed E-state index contributed by atoms with van der Waals surface area (Å²) in [6.45, 7) is 0.552. The predicted molar refractivity (Wildman–Crippen MR) is 171 cm³/mol. The van der Waals surface area contributed by atoms with Crippen molar-refractivity contribution in [3.8, 4) is 28.5 Å². The van der Waals surface area contributed by atoms with Gasteiger partial charge in [0.25, 0.3) is 11.8 Å². The minimum Gasteiger partial charge on any atom is -0.508 e. The first-order valence-electron chi connectivity index (χ1n) is 14.7. The van der Waals surface area contributed by atoms with E-state index in [-0.39, 0.29) is 35.2 Å². The molecule has 9 nitrogen and oxygen atoms in total. The Morgan fingerprint density at radius 3 is 2.47 bits per heavy atom. The zero-order valence-corrected chi connectivity index (χ0v) is 25.4. The third-order valence-electron chi connectivity index (χ3n) is 7.76. The molecule has 4 N–H and O–H groups in total. The molecule has 0 aliphatic heterocycles. The summed E-state index contributed by atoms with van der Waals surface area (Å²) < 4.78 is 21.3. The number of phenolic OH excluding ortho intramolecular Hbond substituents is 1. The lowest BCUT2D eigenvalue weighted by molar-refractivity contribution is 0.0890. The highest BCUT2D eigenvalue weighted by atomic mass is 32.1. The van der Waals surface area contributed by atoms with Gasteiger partial charge >= 0.3 is 0 Å². The zero-order chi connectivity index (χ0) is 31.3. The average Bonchev–Trinajstić information content (AvgIpc) is 3.48. The smallest absolute Gasteiger partial charge is 0.280 e. The molecule has 6 rings (SSSR count). The van der Waals surface area contributed by atoms with Crippen molar-refractivity contribution in [2.75, 3.05) is 7.05 Å². The molecule has 11 heteroatoms. The number of nitrogens with one attached hydrogen (secondary N) is 3. The van der Waals surface area contributed by atoms with Gasteiger partial charge in [0.2, 0.25) is 5.88 Å².